The van der Waals surface area contributed by atoms with Gasteiger partial charge in [0.15, 0.2) is 5.82 Å². The van der Waals surface area contributed by atoms with Crippen molar-refractivity contribution in [3.63, 3.8) is 0 Å². The molecule has 1 N–H and O–H groups in total. The summed E-state index contributed by atoms with van der Waals surface area (Å²) >= 11 is 0. The van der Waals surface area contributed by atoms with Crippen LogP contribution in [0.5, 0.6) is 5.75 Å². The number of anilines is 1. The Bertz CT molecular complexity index is 556. The van der Waals surface area contributed by atoms with E-state index in [1.54, 1.807) is 12.1 Å². The molecule has 0 spiro atoms. The standard InChI is InChI=1S/C11H12N4O4/c1-18-8-2-3-9(10(6-8)15(16)17)12-5-4-11-13-7-19-14-11/h2-3,6-7,12H,4-5H2,1H3. The van der Waals surface area contributed by atoms with E-state index >= 15 is 0 Å². The fourth-order valence-electron chi connectivity index (χ4n) is 1.55. The lowest BCUT2D eigenvalue weighted by Crippen LogP contribution is -2.07. The molecule has 0 fully saturated rings. The number of rotatable bonds is 6. The summed E-state index contributed by atoms with van der Waals surface area (Å²) < 4.78 is 9.55. The minimum absolute atomic E-state index is 0.0348. The van der Waals surface area contributed by atoms with Crippen LogP contribution in [-0.4, -0.2) is 28.7 Å². The third kappa shape index (κ3) is 3.18. The van der Waals surface area contributed by atoms with Gasteiger partial charge in [0.1, 0.15) is 11.4 Å². The van der Waals surface area contributed by atoms with E-state index in [0.717, 1.165) is 0 Å². The van der Waals surface area contributed by atoms with Crippen molar-refractivity contribution < 1.29 is 14.2 Å². The topological polar surface area (TPSA) is 103 Å². The second-order valence-corrected chi connectivity index (χ2v) is 3.66. The van der Waals surface area contributed by atoms with Crippen molar-refractivity contribution in [2.45, 2.75) is 6.42 Å². The van der Waals surface area contributed by atoms with E-state index < -0.39 is 4.92 Å². The van der Waals surface area contributed by atoms with Crippen LogP contribution in [0.1, 0.15) is 5.82 Å². The first-order valence-electron chi connectivity index (χ1n) is 5.52. The number of methoxy groups -OCH3 is 1. The van der Waals surface area contributed by atoms with Gasteiger partial charge >= 0.3 is 0 Å². The van der Waals surface area contributed by atoms with E-state index in [-0.39, 0.29) is 5.69 Å². The van der Waals surface area contributed by atoms with Crippen LogP contribution in [0, 0.1) is 10.1 Å². The van der Waals surface area contributed by atoms with Crippen molar-refractivity contribution in [2.75, 3.05) is 19.0 Å². The van der Waals surface area contributed by atoms with Gasteiger partial charge in [0.25, 0.3) is 5.69 Å². The number of nitrogens with zero attached hydrogens (tertiary/aromatic N) is 3. The van der Waals surface area contributed by atoms with Gasteiger partial charge in [-0.1, -0.05) is 5.16 Å². The maximum Gasteiger partial charge on any atom is 0.296 e. The Morgan fingerprint density at radius 3 is 3.00 bits per heavy atom. The van der Waals surface area contributed by atoms with Crippen molar-refractivity contribution in [3.8, 4) is 5.75 Å². The summed E-state index contributed by atoms with van der Waals surface area (Å²) in [6.07, 6.45) is 1.75. The fraction of sp³-hybridized carbons (Fsp3) is 0.273. The zero-order valence-electron chi connectivity index (χ0n) is 10.2. The lowest BCUT2D eigenvalue weighted by Gasteiger charge is -2.07. The number of hydrogen-bond donors (Lipinski definition) is 1. The van der Waals surface area contributed by atoms with E-state index in [1.165, 1.54) is 19.6 Å². The van der Waals surface area contributed by atoms with Crippen molar-refractivity contribution >= 4 is 11.4 Å². The first kappa shape index (κ1) is 12.8. The van der Waals surface area contributed by atoms with Crippen molar-refractivity contribution in [1.29, 1.82) is 0 Å². The highest BCUT2D eigenvalue weighted by Crippen LogP contribution is 2.28. The molecule has 0 aliphatic rings. The van der Waals surface area contributed by atoms with Crippen LogP contribution >= 0.6 is 0 Å². The van der Waals surface area contributed by atoms with Crippen LogP contribution in [0.25, 0.3) is 0 Å². The van der Waals surface area contributed by atoms with Crippen LogP contribution in [0.2, 0.25) is 0 Å². The summed E-state index contributed by atoms with van der Waals surface area (Å²) in [7, 11) is 1.46. The Morgan fingerprint density at radius 2 is 2.37 bits per heavy atom. The second-order valence-electron chi connectivity index (χ2n) is 3.66. The van der Waals surface area contributed by atoms with Gasteiger partial charge < -0.3 is 14.6 Å². The van der Waals surface area contributed by atoms with Crippen LogP contribution in [0.15, 0.2) is 29.1 Å². The molecule has 8 nitrogen and oxygen atoms in total. The molecule has 1 aromatic heterocycles. The van der Waals surface area contributed by atoms with Crippen LogP contribution in [-0.2, 0) is 6.42 Å². The Balaban J connectivity index is 2.04. The Labute approximate surface area is 108 Å². The minimum atomic E-state index is -0.459. The quantitative estimate of drug-likeness (QED) is 0.624. The minimum Gasteiger partial charge on any atom is -0.496 e. The summed E-state index contributed by atoms with van der Waals surface area (Å²) in [5.41, 5.74) is 0.391. The average molecular weight is 264 g/mol. The smallest absolute Gasteiger partial charge is 0.296 e. The molecule has 1 heterocycles. The maximum atomic E-state index is 11.0. The molecule has 0 bridgehead atoms. The molecular formula is C11H12N4O4. The second kappa shape index (κ2) is 5.80. The Morgan fingerprint density at radius 1 is 1.53 bits per heavy atom. The van der Waals surface area contributed by atoms with Crippen molar-refractivity contribution in [2.24, 2.45) is 0 Å². The third-order valence-corrected chi connectivity index (χ3v) is 2.47. The van der Waals surface area contributed by atoms with Gasteiger partial charge in [0.2, 0.25) is 6.39 Å². The highest BCUT2D eigenvalue weighted by molar-refractivity contribution is 5.63. The molecule has 100 valence electrons. The van der Waals surface area contributed by atoms with Gasteiger partial charge in [-0.25, -0.2) is 0 Å². The summed E-state index contributed by atoms with van der Waals surface area (Å²) in [4.78, 5) is 14.4. The molecule has 0 atom stereocenters. The summed E-state index contributed by atoms with van der Waals surface area (Å²) in [6, 6.07) is 4.63. The predicted molar refractivity (Wildman–Crippen MR) is 66.1 cm³/mol. The van der Waals surface area contributed by atoms with Crippen molar-refractivity contribution in [3.05, 3.63) is 40.5 Å². The largest absolute Gasteiger partial charge is 0.496 e. The zero-order valence-corrected chi connectivity index (χ0v) is 10.2. The first-order valence-corrected chi connectivity index (χ1v) is 5.52. The highest BCUT2D eigenvalue weighted by Gasteiger charge is 2.14. The number of nitro groups is 1. The number of nitrogens with one attached hydrogen (secondary N) is 1. The van der Waals surface area contributed by atoms with E-state index in [1.807, 2.05) is 0 Å². The molecular weight excluding hydrogens is 252 g/mol. The van der Waals surface area contributed by atoms with Gasteiger partial charge in [-0.05, 0) is 12.1 Å². The van der Waals surface area contributed by atoms with Gasteiger partial charge in [-0.3, -0.25) is 10.1 Å². The molecule has 8 heteroatoms. The summed E-state index contributed by atoms with van der Waals surface area (Å²) in [5.74, 6) is 0.985. The predicted octanol–water partition coefficient (Wildman–Crippen LogP) is 1.64. The molecule has 2 rings (SSSR count). The van der Waals surface area contributed by atoms with Gasteiger partial charge in [-0.2, -0.15) is 4.98 Å². The number of ether oxygens (including phenoxy) is 1. The molecule has 0 radical (unpaired) electrons. The molecule has 0 aliphatic heterocycles. The van der Waals surface area contributed by atoms with Gasteiger partial charge in [0, 0.05) is 13.0 Å². The first-order chi connectivity index (χ1) is 9.20. The monoisotopic (exact) mass is 264 g/mol. The number of nitro benzene ring substituents is 1. The molecule has 0 unspecified atom stereocenters. The number of hydrogen-bond acceptors (Lipinski definition) is 7. The molecule has 0 aliphatic carbocycles. The molecule has 1 aromatic carbocycles. The van der Waals surface area contributed by atoms with Crippen LogP contribution < -0.4 is 10.1 Å². The highest BCUT2D eigenvalue weighted by atomic mass is 16.6. The SMILES string of the molecule is COc1ccc(NCCc2ncon2)c([N+](=O)[O-])c1. The van der Waals surface area contributed by atoms with E-state index in [9.17, 15) is 10.1 Å². The lowest BCUT2D eigenvalue weighted by molar-refractivity contribution is -0.384. The lowest BCUT2D eigenvalue weighted by atomic mass is 10.2. The number of aromatic nitrogens is 2. The fourth-order valence-corrected chi connectivity index (χ4v) is 1.55. The molecule has 0 saturated carbocycles. The third-order valence-electron chi connectivity index (χ3n) is 2.47. The Hall–Kier alpha value is -2.64. The van der Waals surface area contributed by atoms with E-state index in [0.29, 0.717) is 30.2 Å². The van der Waals surface area contributed by atoms with Crippen LogP contribution in [0.4, 0.5) is 11.4 Å². The van der Waals surface area contributed by atoms with Crippen LogP contribution in [0.3, 0.4) is 0 Å². The Kier molecular flexibility index (Phi) is 3.91. The normalized spacial score (nSPS) is 10.2. The summed E-state index contributed by atoms with van der Waals surface area (Å²) in [6.45, 7) is 0.465. The zero-order chi connectivity index (χ0) is 13.7. The van der Waals surface area contributed by atoms with E-state index in [2.05, 4.69) is 20.0 Å². The molecule has 2 aromatic rings. The molecule has 0 amide bonds. The van der Waals surface area contributed by atoms with E-state index in [4.69, 9.17) is 4.74 Å². The van der Waals surface area contributed by atoms with Gasteiger partial charge in [0.05, 0.1) is 18.1 Å². The van der Waals surface area contributed by atoms with Gasteiger partial charge in [-0.15, -0.1) is 0 Å². The summed E-state index contributed by atoms with van der Waals surface area (Å²) in [5, 5.41) is 17.6. The van der Waals surface area contributed by atoms with Crippen molar-refractivity contribution in [1.82, 2.24) is 10.1 Å². The number of benzene rings is 1. The molecule has 19 heavy (non-hydrogen) atoms. The average Bonchev–Trinajstić information content (AvgIpc) is 2.92. The molecule has 0 saturated heterocycles. The maximum absolute atomic E-state index is 11.0.